The van der Waals surface area contributed by atoms with Crippen molar-refractivity contribution in [2.75, 3.05) is 13.4 Å². The molecular formula is C22H21N3O5S. The topological polar surface area (TPSA) is 103 Å². The molecule has 0 aliphatic rings. The van der Waals surface area contributed by atoms with E-state index in [1.807, 2.05) is 24.3 Å². The number of para-hydroxylation sites is 1. The molecule has 1 amide bonds. The first-order valence-corrected chi connectivity index (χ1v) is 11.6. The van der Waals surface area contributed by atoms with Crippen molar-refractivity contribution >= 4 is 26.7 Å². The molecule has 2 heterocycles. The molecule has 0 fully saturated rings. The molecule has 160 valence electrons. The Kier molecular flexibility index (Phi) is 5.51. The van der Waals surface area contributed by atoms with Crippen LogP contribution in [-0.2, 0) is 22.1 Å². The number of furan rings is 1. The van der Waals surface area contributed by atoms with Crippen LogP contribution >= 0.6 is 0 Å². The molecule has 4 aromatic rings. The van der Waals surface area contributed by atoms with E-state index in [0.29, 0.717) is 22.2 Å². The number of ether oxygens (including phenoxy) is 1. The van der Waals surface area contributed by atoms with Crippen molar-refractivity contribution in [2.24, 2.45) is 0 Å². The Hall–Kier alpha value is -3.59. The summed E-state index contributed by atoms with van der Waals surface area (Å²) >= 11 is 0. The highest BCUT2D eigenvalue weighted by Gasteiger charge is 2.23. The lowest BCUT2D eigenvalue weighted by molar-refractivity contribution is 0.0924. The predicted molar refractivity (Wildman–Crippen MR) is 116 cm³/mol. The minimum Gasteiger partial charge on any atom is -0.497 e. The lowest BCUT2D eigenvalue weighted by Crippen LogP contribution is -2.24. The number of hydrogen-bond donors (Lipinski definition) is 1. The Morgan fingerprint density at radius 1 is 1.13 bits per heavy atom. The van der Waals surface area contributed by atoms with Crippen molar-refractivity contribution in [3.63, 3.8) is 0 Å². The highest BCUT2D eigenvalue weighted by atomic mass is 32.2. The molecule has 2 aromatic carbocycles. The fourth-order valence-corrected chi connectivity index (χ4v) is 4.08. The SMILES string of the molecule is COc1ccc(-n2ccc(CNC(=O)c3oc4ccccc4c3CS(C)(=O)=O)n2)cc1. The smallest absolute Gasteiger partial charge is 0.287 e. The molecule has 0 saturated heterocycles. The molecule has 1 N–H and O–H groups in total. The van der Waals surface area contributed by atoms with E-state index >= 15 is 0 Å². The number of hydrogen-bond acceptors (Lipinski definition) is 6. The van der Waals surface area contributed by atoms with Crippen LogP contribution in [0.15, 0.2) is 65.2 Å². The summed E-state index contributed by atoms with van der Waals surface area (Å²) in [6, 6.07) is 16.2. The lowest BCUT2D eigenvalue weighted by atomic mass is 10.1. The zero-order valence-electron chi connectivity index (χ0n) is 17.0. The zero-order chi connectivity index (χ0) is 22.0. The Morgan fingerprint density at radius 3 is 2.58 bits per heavy atom. The van der Waals surface area contributed by atoms with Crippen molar-refractivity contribution in [1.29, 1.82) is 0 Å². The van der Waals surface area contributed by atoms with Gasteiger partial charge in [0.2, 0.25) is 0 Å². The quantitative estimate of drug-likeness (QED) is 0.475. The summed E-state index contributed by atoms with van der Waals surface area (Å²) in [5.74, 6) is -0.0204. The van der Waals surface area contributed by atoms with Crippen molar-refractivity contribution in [3.8, 4) is 11.4 Å². The molecule has 0 aliphatic carbocycles. The van der Waals surface area contributed by atoms with Gasteiger partial charge >= 0.3 is 0 Å². The monoisotopic (exact) mass is 439 g/mol. The van der Waals surface area contributed by atoms with Crippen LogP contribution in [-0.4, -0.2) is 37.5 Å². The van der Waals surface area contributed by atoms with Gasteiger partial charge in [0.05, 0.1) is 30.8 Å². The number of fused-ring (bicyclic) bond motifs is 1. The molecule has 0 aliphatic heterocycles. The standard InChI is InChI=1S/C22H21N3O5S/c1-29-17-9-7-16(8-10-17)25-12-11-15(24-25)13-23-22(26)21-19(14-31(2,27)28)18-5-3-4-6-20(18)30-21/h3-12H,13-14H2,1-2H3,(H,23,26). The summed E-state index contributed by atoms with van der Waals surface area (Å²) in [5.41, 5.74) is 2.32. The van der Waals surface area contributed by atoms with E-state index < -0.39 is 15.7 Å². The van der Waals surface area contributed by atoms with Gasteiger partial charge in [-0.25, -0.2) is 13.1 Å². The number of nitrogens with one attached hydrogen (secondary N) is 1. The van der Waals surface area contributed by atoms with E-state index in [1.165, 1.54) is 0 Å². The van der Waals surface area contributed by atoms with Gasteiger partial charge in [0.25, 0.3) is 5.91 Å². The molecule has 0 unspecified atom stereocenters. The number of carbonyl (C=O) groups excluding carboxylic acids is 1. The van der Waals surface area contributed by atoms with Gasteiger partial charge < -0.3 is 14.5 Å². The van der Waals surface area contributed by atoms with Crippen LogP contribution in [0.4, 0.5) is 0 Å². The minimum absolute atomic E-state index is 0.00112. The largest absolute Gasteiger partial charge is 0.497 e. The van der Waals surface area contributed by atoms with Gasteiger partial charge in [0.1, 0.15) is 11.3 Å². The second-order valence-corrected chi connectivity index (χ2v) is 9.25. The molecule has 0 saturated carbocycles. The van der Waals surface area contributed by atoms with Gasteiger partial charge in [0, 0.05) is 23.4 Å². The Balaban J connectivity index is 1.52. The number of benzene rings is 2. The van der Waals surface area contributed by atoms with E-state index in [-0.39, 0.29) is 18.1 Å². The van der Waals surface area contributed by atoms with E-state index in [9.17, 15) is 13.2 Å². The van der Waals surface area contributed by atoms with E-state index in [2.05, 4.69) is 10.4 Å². The highest BCUT2D eigenvalue weighted by molar-refractivity contribution is 7.89. The highest BCUT2D eigenvalue weighted by Crippen LogP contribution is 2.27. The molecule has 4 rings (SSSR count). The van der Waals surface area contributed by atoms with E-state index in [4.69, 9.17) is 9.15 Å². The van der Waals surface area contributed by atoms with E-state index in [1.54, 1.807) is 48.3 Å². The summed E-state index contributed by atoms with van der Waals surface area (Å²) in [4.78, 5) is 12.8. The summed E-state index contributed by atoms with van der Waals surface area (Å²) in [6.07, 6.45) is 2.92. The maximum atomic E-state index is 12.8. The third-order valence-electron chi connectivity index (χ3n) is 4.72. The first kappa shape index (κ1) is 20.7. The van der Waals surface area contributed by atoms with Crippen LogP contribution in [0.5, 0.6) is 5.75 Å². The van der Waals surface area contributed by atoms with Crippen LogP contribution in [0.3, 0.4) is 0 Å². The summed E-state index contributed by atoms with van der Waals surface area (Å²) < 4.78 is 36.3. The van der Waals surface area contributed by atoms with Gasteiger partial charge in [-0.15, -0.1) is 0 Å². The van der Waals surface area contributed by atoms with Crippen LogP contribution in [0.25, 0.3) is 16.7 Å². The normalized spacial score (nSPS) is 11.5. The summed E-state index contributed by atoms with van der Waals surface area (Å²) in [6.45, 7) is 0.164. The molecule has 9 heteroatoms. The first-order chi connectivity index (χ1) is 14.8. The Morgan fingerprint density at radius 2 is 1.87 bits per heavy atom. The average molecular weight is 439 g/mol. The lowest BCUT2D eigenvalue weighted by Gasteiger charge is -2.05. The van der Waals surface area contributed by atoms with Crippen molar-refractivity contribution in [2.45, 2.75) is 12.3 Å². The minimum atomic E-state index is -3.36. The number of carbonyl (C=O) groups is 1. The molecule has 0 spiro atoms. The molecule has 2 aromatic heterocycles. The fourth-order valence-electron chi connectivity index (χ4n) is 3.27. The fraction of sp³-hybridized carbons (Fsp3) is 0.182. The van der Waals surface area contributed by atoms with Gasteiger partial charge in [0.15, 0.2) is 15.6 Å². The molecule has 0 atom stereocenters. The molecule has 31 heavy (non-hydrogen) atoms. The van der Waals surface area contributed by atoms with Crippen molar-refractivity contribution in [3.05, 3.63) is 77.8 Å². The zero-order valence-corrected chi connectivity index (χ0v) is 17.8. The Labute approximate surface area is 179 Å². The van der Waals surface area contributed by atoms with Gasteiger partial charge in [-0.05, 0) is 36.4 Å². The third-order valence-corrected chi connectivity index (χ3v) is 5.54. The van der Waals surface area contributed by atoms with Crippen molar-refractivity contribution < 1.29 is 22.4 Å². The predicted octanol–water partition coefficient (Wildman–Crippen LogP) is 3.10. The van der Waals surface area contributed by atoms with Crippen LogP contribution in [0, 0.1) is 0 Å². The second-order valence-electron chi connectivity index (χ2n) is 7.11. The number of nitrogens with zero attached hydrogens (tertiary/aromatic N) is 2. The summed E-state index contributed by atoms with van der Waals surface area (Å²) in [7, 11) is -1.75. The summed E-state index contributed by atoms with van der Waals surface area (Å²) in [5, 5.41) is 7.84. The Bertz CT molecular complexity index is 1340. The van der Waals surface area contributed by atoms with Gasteiger partial charge in [-0.2, -0.15) is 5.10 Å². The van der Waals surface area contributed by atoms with Crippen LogP contribution < -0.4 is 10.1 Å². The number of methoxy groups -OCH3 is 1. The molecule has 8 nitrogen and oxygen atoms in total. The third kappa shape index (κ3) is 4.61. The average Bonchev–Trinajstić information content (AvgIpc) is 3.36. The number of sulfone groups is 1. The number of amides is 1. The van der Waals surface area contributed by atoms with E-state index in [0.717, 1.165) is 17.7 Å². The number of rotatable bonds is 7. The van der Waals surface area contributed by atoms with Gasteiger partial charge in [-0.1, -0.05) is 18.2 Å². The molecular weight excluding hydrogens is 418 g/mol. The molecule has 0 bridgehead atoms. The second kappa shape index (κ2) is 8.27. The first-order valence-electron chi connectivity index (χ1n) is 9.49. The number of aromatic nitrogens is 2. The van der Waals surface area contributed by atoms with Crippen molar-refractivity contribution in [1.82, 2.24) is 15.1 Å². The molecule has 0 radical (unpaired) electrons. The van der Waals surface area contributed by atoms with Crippen LogP contribution in [0.1, 0.15) is 21.8 Å². The maximum Gasteiger partial charge on any atom is 0.287 e. The van der Waals surface area contributed by atoms with Gasteiger partial charge in [-0.3, -0.25) is 4.79 Å². The van der Waals surface area contributed by atoms with Crippen LogP contribution in [0.2, 0.25) is 0 Å². The maximum absolute atomic E-state index is 12.8.